The van der Waals surface area contributed by atoms with E-state index < -0.39 is 4.75 Å². The Hall–Kier alpha value is -1.40. The van der Waals surface area contributed by atoms with Crippen LogP contribution in [0.2, 0.25) is 0 Å². The largest absolute Gasteiger partial charge is 0.399 e. The molecule has 0 fully saturated rings. The number of amides is 1. The van der Waals surface area contributed by atoms with Crippen LogP contribution in [0.25, 0.3) is 10.2 Å². The number of carbonyl (C=O) groups is 1. The second-order valence-electron chi connectivity index (χ2n) is 4.58. The molecule has 2 heterocycles. The van der Waals surface area contributed by atoms with Crippen LogP contribution in [0.3, 0.4) is 0 Å². The summed E-state index contributed by atoms with van der Waals surface area (Å²) in [6.45, 7) is 3.75. The fourth-order valence-electron chi connectivity index (χ4n) is 1.66. The van der Waals surface area contributed by atoms with Crippen LogP contribution < -0.4 is 5.73 Å². The topological polar surface area (TPSA) is 68.3 Å². The molecular formula is C12H11N3OS2. The second kappa shape index (κ2) is 3.80. The second-order valence-corrected chi connectivity index (χ2v) is 7.22. The molecule has 1 amide bonds. The number of aliphatic imine (C=N–C) groups is 1. The summed E-state index contributed by atoms with van der Waals surface area (Å²) in [6.07, 6.45) is 0. The lowest BCUT2D eigenvalue weighted by molar-refractivity contribution is -0.119. The lowest BCUT2D eigenvalue weighted by atomic mass is 10.2. The molecule has 0 aliphatic carbocycles. The molecule has 4 nitrogen and oxygen atoms in total. The van der Waals surface area contributed by atoms with Gasteiger partial charge in [-0.15, -0.1) is 11.3 Å². The standard InChI is InChI=1S/C12H11N3OS2/c1-12(2)11(16)15-10(18-12)9-14-7-4-3-6(13)5-8(7)17-9/h3-5H,13H2,1-2H3. The third-order valence-corrected chi connectivity index (χ3v) is 4.98. The molecule has 1 aliphatic heterocycles. The van der Waals surface area contributed by atoms with Crippen LogP contribution in [0, 0.1) is 0 Å². The fraction of sp³-hybridized carbons (Fsp3) is 0.250. The first-order valence-electron chi connectivity index (χ1n) is 5.44. The molecule has 0 bridgehead atoms. The Kier molecular flexibility index (Phi) is 2.46. The Bertz CT molecular complexity index is 688. The number of rotatable bonds is 1. The summed E-state index contributed by atoms with van der Waals surface area (Å²) in [5.74, 6) is -0.0960. The number of benzene rings is 1. The SMILES string of the molecule is CC1(C)SC(c2nc3ccc(N)cc3s2)=NC1=O. The Morgan fingerprint density at radius 1 is 1.33 bits per heavy atom. The molecule has 1 aliphatic rings. The van der Waals surface area contributed by atoms with Crippen molar-refractivity contribution in [1.29, 1.82) is 0 Å². The Balaban J connectivity index is 2.06. The highest BCUT2D eigenvalue weighted by atomic mass is 32.2. The molecule has 6 heteroatoms. The van der Waals surface area contributed by atoms with Gasteiger partial charge in [-0.1, -0.05) is 11.8 Å². The third-order valence-electron chi connectivity index (χ3n) is 2.67. The predicted octanol–water partition coefficient (Wildman–Crippen LogP) is 2.68. The van der Waals surface area contributed by atoms with E-state index >= 15 is 0 Å². The third kappa shape index (κ3) is 1.81. The Morgan fingerprint density at radius 2 is 2.11 bits per heavy atom. The maximum atomic E-state index is 11.7. The van der Waals surface area contributed by atoms with E-state index in [2.05, 4.69) is 9.98 Å². The molecule has 0 unspecified atom stereocenters. The number of thiazole rings is 1. The van der Waals surface area contributed by atoms with Gasteiger partial charge in [0, 0.05) is 5.69 Å². The van der Waals surface area contributed by atoms with E-state index in [9.17, 15) is 4.79 Å². The van der Waals surface area contributed by atoms with E-state index in [0.717, 1.165) is 20.9 Å². The normalized spacial score (nSPS) is 18.3. The van der Waals surface area contributed by atoms with E-state index in [1.54, 1.807) is 0 Å². The fourth-order valence-corrected chi connectivity index (χ4v) is 3.69. The van der Waals surface area contributed by atoms with Crippen molar-refractivity contribution in [3.63, 3.8) is 0 Å². The minimum Gasteiger partial charge on any atom is -0.399 e. The average Bonchev–Trinajstić information content (AvgIpc) is 2.80. The van der Waals surface area contributed by atoms with Gasteiger partial charge in [0.15, 0.2) is 0 Å². The first-order valence-corrected chi connectivity index (χ1v) is 7.07. The summed E-state index contributed by atoms with van der Waals surface area (Å²) in [5, 5.41) is 1.50. The van der Waals surface area contributed by atoms with Crippen LogP contribution in [0.1, 0.15) is 18.9 Å². The number of hydrogen-bond donors (Lipinski definition) is 1. The molecule has 1 aromatic heterocycles. The smallest absolute Gasteiger partial charge is 0.262 e. The molecule has 92 valence electrons. The highest BCUT2D eigenvalue weighted by Gasteiger charge is 2.37. The van der Waals surface area contributed by atoms with Gasteiger partial charge in [-0.25, -0.2) is 9.98 Å². The van der Waals surface area contributed by atoms with Gasteiger partial charge in [0.25, 0.3) is 5.91 Å². The molecular weight excluding hydrogens is 266 g/mol. The number of hydrogen-bond acceptors (Lipinski definition) is 5. The van der Waals surface area contributed by atoms with Crippen molar-refractivity contribution in [3.05, 3.63) is 23.2 Å². The molecule has 0 saturated carbocycles. The summed E-state index contributed by atoms with van der Waals surface area (Å²) >= 11 is 2.98. The molecule has 2 N–H and O–H groups in total. The van der Waals surface area contributed by atoms with Crippen LogP contribution in [0.4, 0.5) is 5.69 Å². The Morgan fingerprint density at radius 3 is 2.78 bits per heavy atom. The van der Waals surface area contributed by atoms with E-state index in [4.69, 9.17) is 5.73 Å². The monoisotopic (exact) mass is 277 g/mol. The number of anilines is 1. The first-order chi connectivity index (χ1) is 8.45. The van der Waals surface area contributed by atoms with Gasteiger partial charge in [-0.2, -0.15) is 0 Å². The van der Waals surface area contributed by atoms with Gasteiger partial charge >= 0.3 is 0 Å². The summed E-state index contributed by atoms with van der Waals surface area (Å²) in [6, 6.07) is 5.60. The van der Waals surface area contributed by atoms with Crippen LogP contribution in [0.15, 0.2) is 23.2 Å². The number of nitrogens with two attached hydrogens (primary N) is 1. The van der Waals surface area contributed by atoms with Crippen molar-refractivity contribution in [2.45, 2.75) is 18.6 Å². The highest BCUT2D eigenvalue weighted by Crippen LogP contribution is 2.38. The minimum absolute atomic E-state index is 0.0960. The van der Waals surface area contributed by atoms with Crippen molar-refractivity contribution in [2.24, 2.45) is 4.99 Å². The van der Waals surface area contributed by atoms with Gasteiger partial charge in [0.1, 0.15) is 10.1 Å². The van der Waals surface area contributed by atoms with Crippen molar-refractivity contribution in [2.75, 3.05) is 5.73 Å². The molecule has 0 radical (unpaired) electrons. The van der Waals surface area contributed by atoms with Crippen molar-refractivity contribution >= 4 is 50.0 Å². The molecule has 0 atom stereocenters. The molecule has 0 saturated heterocycles. The molecule has 18 heavy (non-hydrogen) atoms. The lowest BCUT2D eigenvalue weighted by Crippen LogP contribution is -2.21. The summed E-state index contributed by atoms with van der Waals surface area (Å²) < 4.78 is 0.539. The van der Waals surface area contributed by atoms with Gasteiger partial charge in [-0.05, 0) is 32.0 Å². The van der Waals surface area contributed by atoms with Gasteiger partial charge < -0.3 is 5.73 Å². The van der Waals surface area contributed by atoms with Crippen LogP contribution in [0.5, 0.6) is 0 Å². The number of thioether (sulfide) groups is 1. The number of carbonyl (C=O) groups excluding carboxylic acids is 1. The van der Waals surface area contributed by atoms with Gasteiger partial charge in [0.05, 0.1) is 15.0 Å². The minimum atomic E-state index is -0.480. The first kappa shape index (κ1) is 11.7. The molecule has 2 aromatic rings. The number of nitrogen functional groups attached to an aromatic ring is 1. The van der Waals surface area contributed by atoms with E-state index in [1.165, 1.54) is 23.1 Å². The van der Waals surface area contributed by atoms with E-state index in [0.29, 0.717) is 5.04 Å². The summed E-state index contributed by atoms with van der Waals surface area (Å²) in [4.78, 5) is 20.3. The summed E-state index contributed by atoms with van der Waals surface area (Å²) in [5.41, 5.74) is 7.35. The number of nitrogens with zero attached hydrogens (tertiary/aromatic N) is 2. The number of fused-ring (bicyclic) bond motifs is 1. The average molecular weight is 277 g/mol. The van der Waals surface area contributed by atoms with E-state index in [-0.39, 0.29) is 5.91 Å². The molecule has 3 rings (SSSR count). The van der Waals surface area contributed by atoms with E-state index in [1.807, 2.05) is 32.0 Å². The van der Waals surface area contributed by atoms with Crippen molar-refractivity contribution in [3.8, 4) is 0 Å². The van der Waals surface area contributed by atoms with Gasteiger partial charge in [0.2, 0.25) is 0 Å². The van der Waals surface area contributed by atoms with Crippen LogP contribution >= 0.6 is 23.1 Å². The lowest BCUT2D eigenvalue weighted by Gasteiger charge is -2.10. The quantitative estimate of drug-likeness (QED) is 0.814. The Labute approximate surface area is 112 Å². The maximum Gasteiger partial charge on any atom is 0.262 e. The highest BCUT2D eigenvalue weighted by molar-refractivity contribution is 8.16. The number of aromatic nitrogens is 1. The zero-order chi connectivity index (χ0) is 12.9. The zero-order valence-electron chi connectivity index (χ0n) is 9.93. The van der Waals surface area contributed by atoms with Gasteiger partial charge in [-0.3, -0.25) is 4.79 Å². The predicted molar refractivity (Wildman–Crippen MR) is 77.2 cm³/mol. The van der Waals surface area contributed by atoms with Crippen LogP contribution in [-0.4, -0.2) is 20.7 Å². The van der Waals surface area contributed by atoms with Crippen LogP contribution in [-0.2, 0) is 4.79 Å². The van der Waals surface area contributed by atoms with Crippen molar-refractivity contribution < 1.29 is 4.79 Å². The molecule has 0 spiro atoms. The molecule has 1 aromatic carbocycles. The zero-order valence-corrected chi connectivity index (χ0v) is 11.6. The maximum absolute atomic E-state index is 11.7. The summed E-state index contributed by atoms with van der Waals surface area (Å²) in [7, 11) is 0. The van der Waals surface area contributed by atoms with Crippen molar-refractivity contribution in [1.82, 2.24) is 4.98 Å².